The van der Waals surface area contributed by atoms with Crippen molar-refractivity contribution in [3.63, 3.8) is 0 Å². The summed E-state index contributed by atoms with van der Waals surface area (Å²) in [6.07, 6.45) is 0. The average Bonchev–Trinajstić information content (AvgIpc) is 2.07. The number of hydrogen-bond acceptors (Lipinski definition) is 2. The van der Waals surface area contributed by atoms with Gasteiger partial charge in [-0.3, -0.25) is 0 Å². The lowest BCUT2D eigenvalue weighted by Gasteiger charge is -2.14. The zero-order valence-electron chi connectivity index (χ0n) is 9.51. The standard InChI is InChI=1S/C12H18FNO/c1-9-4-5-10(11(14)6-9)7-15-8-12(2,3)13/h4-6H,7-8,14H2,1-3H3. The topological polar surface area (TPSA) is 35.2 Å². The van der Waals surface area contributed by atoms with Gasteiger partial charge >= 0.3 is 0 Å². The molecule has 0 bridgehead atoms. The number of ether oxygens (including phenoxy) is 1. The summed E-state index contributed by atoms with van der Waals surface area (Å²) in [5, 5.41) is 0. The first kappa shape index (κ1) is 12.0. The van der Waals surface area contributed by atoms with E-state index in [9.17, 15) is 4.39 Å². The van der Waals surface area contributed by atoms with Gasteiger partial charge in [-0.05, 0) is 32.4 Å². The average molecular weight is 211 g/mol. The van der Waals surface area contributed by atoms with Crippen molar-refractivity contribution in [2.24, 2.45) is 0 Å². The molecule has 1 aromatic carbocycles. The second-order valence-corrected chi connectivity index (χ2v) is 4.41. The molecule has 0 radical (unpaired) electrons. The summed E-state index contributed by atoms with van der Waals surface area (Å²) in [5.74, 6) is 0. The third kappa shape index (κ3) is 4.30. The van der Waals surface area contributed by atoms with Crippen LogP contribution < -0.4 is 5.73 Å². The van der Waals surface area contributed by atoms with Crippen LogP contribution in [-0.4, -0.2) is 12.3 Å². The minimum atomic E-state index is -1.29. The van der Waals surface area contributed by atoms with Gasteiger partial charge in [0.2, 0.25) is 0 Å². The number of rotatable bonds is 4. The van der Waals surface area contributed by atoms with E-state index in [1.54, 1.807) is 0 Å². The van der Waals surface area contributed by atoms with E-state index in [4.69, 9.17) is 10.5 Å². The van der Waals surface area contributed by atoms with E-state index in [1.165, 1.54) is 13.8 Å². The molecular formula is C12H18FNO. The summed E-state index contributed by atoms with van der Waals surface area (Å²) in [6, 6.07) is 5.77. The first-order valence-electron chi connectivity index (χ1n) is 5.00. The lowest BCUT2D eigenvalue weighted by molar-refractivity contribution is 0.0279. The minimum Gasteiger partial charge on any atom is -0.398 e. The molecule has 0 aliphatic heterocycles. The van der Waals surface area contributed by atoms with Crippen LogP contribution in [-0.2, 0) is 11.3 Å². The third-order valence-corrected chi connectivity index (χ3v) is 2.00. The van der Waals surface area contributed by atoms with E-state index in [0.29, 0.717) is 12.3 Å². The second-order valence-electron chi connectivity index (χ2n) is 4.41. The van der Waals surface area contributed by atoms with Crippen LogP contribution in [0.1, 0.15) is 25.0 Å². The Bertz CT molecular complexity index is 331. The van der Waals surface area contributed by atoms with Gasteiger partial charge < -0.3 is 10.5 Å². The van der Waals surface area contributed by atoms with Gasteiger partial charge in [0.1, 0.15) is 5.67 Å². The van der Waals surface area contributed by atoms with Crippen LogP contribution in [0.3, 0.4) is 0 Å². The summed E-state index contributed by atoms with van der Waals surface area (Å²) in [6.45, 7) is 5.41. The Hall–Kier alpha value is -1.09. The SMILES string of the molecule is Cc1ccc(COCC(C)(C)F)c(N)c1. The smallest absolute Gasteiger partial charge is 0.128 e. The quantitative estimate of drug-likeness (QED) is 0.777. The van der Waals surface area contributed by atoms with Crippen molar-refractivity contribution in [1.82, 2.24) is 0 Å². The predicted octanol–water partition coefficient (Wildman–Crippen LogP) is 2.84. The van der Waals surface area contributed by atoms with E-state index in [2.05, 4.69) is 0 Å². The predicted molar refractivity (Wildman–Crippen MR) is 60.4 cm³/mol. The van der Waals surface area contributed by atoms with Gasteiger partial charge in [-0.15, -0.1) is 0 Å². The Morgan fingerprint density at radius 3 is 2.60 bits per heavy atom. The number of anilines is 1. The Morgan fingerprint density at radius 1 is 1.40 bits per heavy atom. The zero-order valence-corrected chi connectivity index (χ0v) is 9.51. The number of benzene rings is 1. The van der Waals surface area contributed by atoms with Crippen LogP contribution in [0.25, 0.3) is 0 Å². The molecule has 0 aliphatic rings. The van der Waals surface area contributed by atoms with Crippen LogP contribution in [0.15, 0.2) is 18.2 Å². The fraction of sp³-hybridized carbons (Fsp3) is 0.500. The molecule has 2 N–H and O–H groups in total. The fourth-order valence-corrected chi connectivity index (χ4v) is 1.25. The molecule has 0 amide bonds. The molecule has 0 aromatic heterocycles. The highest BCUT2D eigenvalue weighted by Gasteiger charge is 2.15. The van der Waals surface area contributed by atoms with Crippen molar-refractivity contribution in [2.45, 2.75) is 33.0 Å². The third-order valence-electron chi connectivity index (χ3n) is 2.00. The minimum absolute atomic E-state index is 0.0836. The van der Waals surface area contributed by atoms with Crippen molar-refractivity contribution in [3.8, 4) is 0 Å². The summed E-state index contributed by atoms with van der Waals surface area (Å²) in [7, 11) is 0. The highest BCUT2D eigenvalue weighted by atomic mass is 19.1. The fourth-order valence-electron chi connectivity index (χ4n) is 1.25. The van der Waals surface area contributed by atoms with Gasteiger partial charge in [0.25, 0.3) is 0 Å². The van der Waals surface area contributed by atoms with E-state index in [1.807, 2.05) is 25.1 Å². The highest BCUT2D eigenvalue weighted by Crippen LogP contribution is 2.16. The van der Waals surface area contributed by atoms with E-state index in [0.717, 1.165) is 11.1 Å². The highest BCUT2D eigenvalue weighted by molar-refractivity contribution is 5.48. The molecule has 0 aliphatic carbocycles. The maximum absolute atomic E-state index is 13.1. The van der Waals surface area contributed by atoms with Gasteiger partial charge in [-0.25, -0.2) is 4.39 Å². The molecule has 3 heteroatoms. The molecule has 0 heterocycles. The Kier molecular flexibility index (Phi) is 3.69. The van der Waals surface area contributed by atoms with Crippen LogP contribution >= 0.6 is 0 Å². The molecule has 1 rings (SSSR count). The summed E-state index contributed by atoms with van der Waals surface area (Å²) >= 11 is 0. The monoisotopic (exact) mass is 211 g/mol. The van der Waals surface area contributed by atoms with Gasteiger partial charge in [-0.1, -0.05) is 12.1 Å². The van der Waals surface area contributed by atoms with E-state index in [-0.39, 0.29) is 6.61 Å². The van der Waals surface area contributed by atoms with Gasteiger partial charge in [0.15, 0.2) is 0 Å². The van der Waals surface area contributed by atoms with Gasteiger partial charge in [-0.2, -0.15) is 0 Å². The molecular weight excluding hydrogens is 193 g/mol. The van der Waals surface area contributed by atoms with Crippen molar-refractivity contribution < 1.29 is 9.13 Å². The first-order chi connectivity index (χ1) is 6.88. The molecule has 84 valence electrons. The largest absolute Gasteiger partial charge is 0.398 e. The number of hydrogen-bond donors (Lipinski definition) is 1. The van der Waals surface area contributed by atoms with Crippen molar-refractivity contribution in [3.05, 3.63) is 29.3 Å². The van der Waals surface area contributed by atoms with Crippen LogP contribution in [0.4, 0.5) is 10.1 Å². The van der Waals surface area contributed by atoms with Crippen molar-refractivity contribution >= 4 is 5.69 Å². The molecule has 15 heavy (non-hydrogen) atoms. The van der Waals surface area contributed by atoms with E-state index >= 15 is 0 Å². The summed E-state index contributed by atoms with van der Waals surface area (Å²) in [5.41, 5.74) is 7.23. The van der Waals surface area contributed by atoms with Crippen LogP contribution in [0.5, 0.6) is 0 Å². The lowest BCUT2D eigenvalue weighted by atomic mass is 10.1. The molecule has 0 spiro atoms. The number of aryl methyl sites for hydroxylation is 1. The second kappa shape index (κ2) is 4.62. The van der Waals surface area contributed by atoms with Crippen LogP contribution in [0, 0.1) is 6.92 Å². The van der Waals surface area contributed by atoms with E-state index < -0.39 is 5.67 Å². The Labute approximate surface area is 90.2 Å². The Balaban J connectivity index is 2.51. The summed E-state index contributed by atoms with van der Waals surface area (Å²) in [4.78, 5) is 0. The first-order valence-corrected chi connectivity index (χ1v) is 5.00. The van der Waals surface area contributed by atoms with Crippen LogP contribution in [0.2, 0.25) is 0 Å². The molecule has 0 atom stereocenters. The molecule has 0 saturated heterocycles. The molecule has 1 aromatic rings. The van der Waals surface area contributed by atoms with Crippen molar-refractivity contribution in [2.75, 3.05) is 12.3 Å². The maximum atomic E-state index is 13.1. The zero-order chi connectivity index (χ0) is 11.5. The molecule has 0 unspecified atom stereocenters. The van der Waals surface area contributed by atoms with Crippen molar-refractivity contribution in [1.29, 1.82) is 0 Å². The molecule has 0 saturated carbocycles. The number of halogens is 1. The maximum Gasteiger partial charge on any atom is 0.128 e. The Morgan fingerprint density at radius 2 is 2.07 bits per heavy atom. The number of nitrogens with two attached hydrogens (primary N) is 1. The number of alkyl halides is 1. The lowest BCUT2D eigenvalue weighted by Crippen LogP contribution is -2.20. The number of nitrogen functional groups attached to an aromatic ring is 1. The summed E-state index contributed by atoms with van der Waals surface area (Å²) < 4.78 is 18.3. The normalized spacial score (nSPS) is 11.7. The van der Waals surface area contributed by atoms with Gasteiger partial charge in [0, 0.05) is 11.3 Å². The van der Waals surface area contributed by atoms with Gasteiger partial charge in [0.05, 0.1) is 13.2 Å². The molecule has 2 nitrogen and oxygen atoms in total. The molecule has 0 fully saturated rings.